The zero-order valence-electron chi connectivity index (χ0n) is 17.5. The molecule has 2 saturated carbocycles. The van der Waals surface area contributed by atoms with E-state index in [2.05, 4.69) is 9.80 Å². The van der Waals surface area contributed by atoms with E-state index in [9.17, 15) is 4.79 Å². The third-order valence-electron chi connectivity index (χ3n) is 8.29. The first-order valence-corrected chi connectivity index (χ1v) is 12.3. The second-order valence-corrected chi connectivity index (χ2v) is 10.1. The minimum atomic E-state index is 0.448. The first-order valence-electron chi connectivity index (χ1n) is 12.3. The van der Waals surface area contributed by atoms with Crippen LogP contribution in [0.5, 0.6) is 0 Å². The third-order valence-corrected chi connectivity index (χ3v) is 8.29. The molecule has 4 fully saturated rings. The monoisotopic (exact) mass is 374 g/mol. The van der Waals surface area contributed by atoms with Crippen LogP contribution in [0.3, 0.4) is 0 Å². The molecule has 0 spiro atoms. The van der Waals surface area contributed by atoms with Crippen LogP contribution in [0.1, 0.15) is 96.3 Å². The molecule has 3 nitrogen and oxygen atoms in total. The van der Waals surface area contributed by atoms with E-state index in [4.69, 9.17) is 0 Å². The molecule has 3 heteroatoms. The summed E-state index contributed by atoms with van der Waals surface area (Å²) in [4.78, 5) is 17.5. The van der Waals surface area contributed by atoms with E-state index in [1.165, 1.54) is 103 Å². The maximum Gasteiger partial charge on any atom is 0.222 e. The highest BCUT2D eigenvalue weighted by Gasteiger charge is 2.36. The molecule has 0 bridgehead atoms. The van der Waals surface area contributed by atoms with Crippen molar-refractivity contribution in [1.29, 1.82) is 0 Å². The van der Waals surface area contributed by atoms with Gasteiger partial charge in [-0.05, 0) is 82.3 Å². The first-order chi connectivity index (χ1) is 13.3. The summed E-state index contributed by atoms with van der Waals surface area (Å²) in [6.07, 6.45) is 20.3. The fourth-order valence-corrected chi connectivity index (χ4v) is 6.67. The first kappa shape index (κ1) is 19.7. The molecule has 154 valence electrons. The van der Waals surface area contributed by atoms with Crippen molar-refractivity contribution in [2.45, 2.75) is 102 Å². The van der Waals surface area contributed by atoms with Crippen molar-refractivity contribution >= 4 is 5.91 Å². The molecule has 2 unspecified atom stereocenters. The van der Waals surface area contributed by atoms with Crippen molar-refractivity contribution in [2.75, 3.05) is 26.2 Å². The van der Waals surface area contributed by atoms with Gasteiger partial charge in [-0.3, -0.25) is 4.79 Å². The molecule has 0 aromatic carbocycles. The smallest absolute Gasteiger partial charge is 0.222 e. The van der Waals surface area contributed by atoms with Crippen LogP contribution < -0.4 is 0 Å². The van der Waals surface area contributed by atoms with Gasteiger partial charge < -0.3 is 9.80 Å². The van der Waals surface area contributed by atoms with E-state index in [1.807, 2.05) is 0 Å². The van der Waals surface area contributed by atoms with Crippen LogP contribution in [0.4, 0.5) is 0 Å². The topological polar surface area (TPSA) is 23.6 Å². The maximum atomic E-state index is 12.5. The predicted octanol–water partition coefficient (Wildman–Crippen LogP) is 5.24. The van der Waals surface area contributed by atoms with Crippen molar-refractivity contribution in [3.8, 4) is 0 Å². The van der Waals surface area contributed by atoms with E-state index in [0.29, 0.717) is 11.9 Å². The summed E-state index contributed by atoms with van der Waals surface area (Å²) < 4.78 is 0. The van der Waals surface area contributed by atoms with Gasteiger partial charge in [0.25, 0.3) is 0 Å². The number of hydrogen-bond acceptors (Lipinski definition) is 2. The summed E-state index contributed by atoms with van der Waals surface area (Å²) in [7, 11) is 0. The van der Waals surface area contributed by atoms with Crippen molar-refractivity contribution in [1.82, 2.24) is 9.80 Å². The van der Waals surface area contributed by atoms with Crippen LogP contribution in [0.15, 0.2) is 0 Å². The molecular weight excluding hydrogens is 332 g/mol. The number of amides is 1. The number of fused-ring (bicyclic) bond motifs is 1. The number of nitrogens with zero attached hydrogens (tertiary/aromatic N) is 2. The molecule has 2 saturated heterocycles. The van der Waals surface area contributed by atoms with Gasteiger partial charge in [-0.1, -0.05) is 44.9 Å². The van der Waals surface area contributed by atoms with Crippen LogP contribution >= 0.6 is 0 Å². The summed E-state index contributed by atoms with van der Waals surface area (Å²) in [5.74, 6) is 3.30. The minimum Gasteiger partial charge on any atom is -0.339 e. The van der Waals surface area contributed by atoms with Gasteiger partial charge in [-0.2, -0.15) is 0 Å². The zero-order valence-corrected chi connectivity index (χ0v) is 17.5. The summed E-state index contributed by atoms with van der Waals surface area (Å²) in [6, 6.07) is 0.584. The van der Waals surface area contributed by atoms with Gasteiger partial charge in [0.15, 0.2) is 0 Å². The molecule has 2 aliphatic heterocycles. The Bertz CT molecular complexity index is 465. The van der Waals surface area contributed by atoms with Crippen molar-refractivity contribution in [3.05, 3.63) is 0 Å². The number of carbonyl (C=O) groups is 1. The lowest BCUT2D eigenvalue weighted by Gasteiger charge is -2.44. The SMILES string of the molecule is O=C1CCC2CCCCC2N1CCCN1CCC(CC2CCCCC2)CC1. The number of rotatable bonds is 6. The summed E-state index contributed by atoms with van der Waals surface area (Å²) >= 11 is 0. The van der Waals surface area contributed by atoms with Crippen molar-refractivity contribution in [3.63, 3.8) is 0 Å². The van der Waals surface area contributed by atoms with Gasteiger partial charge in [-0.15, -0.1) is 0 Å². The lowest BCUT2D eigenvalue weighted by molar-refractivity contribution is -0.140. The molecule has 0 radical (unpaired) electrons. The Balaban J connectivity index is 1.15. The van der Waals surface area contributed by atoms with E-state index < -0.39 is 0 Å². The van der Waals surface area contributed by atoms with E-state index >= 15 is 0 Å². The average molecular weight is 375 g/mol. The Morgan fingerprint density at radius 3 is 2.26 bits per heavy atom. The maximum absolute atomic E-state index is 12.5. The Hall–Kier alpha value is -0.570. The molecule has 1 amide bonds. The molecule has 0 aromatic rings. The predicted molar refractivity (Wildman–Crippen MR) is 112 cm³/mol. The molecule has 27 heavy (non-hydrogen) atoms. The minimum absolute atomic E-state index is 0.448. The van der Waals surface area contributed by atoms with Crippen LogP contribution in [0, 0.1) is 17.8 Å². The van der Waals surface area contributed by atoms with Gasteiger partial charge in [-0.25, -0.2) is 0 Å². The lowest BCUT2D eigenvalue weighted by Crippen LogP contribution is -2.50. The average Bonchev–Trinajstić information content (AvgIpc) is 2.72. The molecule has 0 N–H and O–H groups in total. The Kier molecular flexibility index (Phi) is 7.13. The molecule has 4 rings (SSSR count). The lowest BCUT2D eigenvalue weighted by atomic mass is 9.78. The number of piperidine rings is 2. The highest BCUT2D eigenvalue weighted by Crippen LogP contribution is 2.36. The highest BCUT2D eigenvalue weighted by atomic mass is 16.2. The quantitative estimate of drug-likeness (QED) is 0.635. The highest BCUT2D eigenvalue weighted by molar-refractivity contribution is 5.77. The van der Waals surface area contributed by atoms with Crippen molar-refractivity contribution < 1.29 is 4.79 Å². The van der Waals surface area contributed by atoms with E-state index in [-0.39, 0.29) is 0 Å². The number of hydrogen-bond donors (Lipinski definition) is 0. The molecule has 0 aromatic heterocycles. The summed E-state index contributed by atoms with van der Waals surface area (Å²) in [5.41, 5.74) is 0. The molecule has 2 aliphatic carbocycles. The van der Waals surface area contributed by atoms with E-state index in [1.54, 1.807) is 0 Å². The molecular formula is C24H42N2O. The van der Waals surface area contributed by atoms with Gasteiger partial charge in [0, 0.05) is 19.0 Å². The fraction of sp³-hybridized carbons (Fsp3) is 0.958. The Labute approximate surface area is 167 Å². The molecule has 2 atom stereocenters. The largest absolute Gasteiger partial charge is 0.339 e. The Morgan fingerprint density at radius 1 is 0.741 bits per heavy atom. The second kappa shape index (κ2) is 9.76. The third kappa shape index (κ3) is 5.28. The van der Waals surface area contributed by atoms with E-state index in [0.717, 1.165) is 37.1 Å². The Morgan fingerprint density at radius 2 is 1.44 bits per heavy atom. The second-order valence-electron chi connectivity index (χ2n) is 10.1. The fourth-order valence-electron chi connectivity index (χ4n) is 6.67. The normalized spacial score (nSPS) is 31.9. The van der Waals surface area contributed by atoms with Gasteiger partial charge >= 0.3 is 0 Å². The summed E-state index contributed by atoms with van der Waals surface area (Å²) in [6.45, 7) is 4.83. The van der Waals surface area contributed by atoms with Gasteiger partial charge in [0.05, 0.1) is 0 Å². The van der Waals surface area contributed by atoms with Crippen LogP contribution in [0.2, 0.25) is 0 Å². The van der Waals surface area contributed by atoms with Gasteiger partial charge in [0.2, 0.25) is 5.91 Å². The molecule has 2 heterocycles. The number of carbonyl (C=O) groups excluding carboxylic acids is 1. The summed E-state index contributed by atoms with van der Waals surface area (Å²) in [5, 5.41) is 0. The zero-order chi connectivity index (χ0) is 18.5. The van der Waals surface area contributed by atoms with Crippen LogP contribution in [-0.2, 0) is 4.79 Å². The van der Waals surface area contributed by atoms with Crippen molar-refractivity contribution in [2.24, 2.45) is 17.8 Å². The number of likely N-dealkylation sites (tertiary alicyclic amines) is 2. The standard InChI is InChI=1S/C24H42N2O/c27-24-12-11-22-9-4-5-10-23(22)26(24)16-6-15-25-17-13-21(14-18-25)19-20-7-2-1-3-8-20/h20-23H,1-19H2. The van der Waals surface area contributed by atoms with Gasteiger partial charge in [0.1, 0.15) is 0 Å². The molecule has 4 aliphatic rings. The van der Waals surface area contributed by atoms with Crippen LogP contribution in [-0.4, -0.2) is 47.9 Å². The van der Waals surface area contributed by atoms with Crippen LogP contribution in [0.25, 0.3) is 0 Å².